The first-order chi connectivity index (χ1) is 9.24. The van der Waals surface area contributed by atoms with Crippen LogP contribution in [0.2, 0.25) is 5.02 Å². The second-order valence-electron chi connectivity index (χ2n) is 5.67. The number of thiophene rings is 1. The minimum atomic E-state index is 0.678. The van der Waals surface area contributed by atoms with E-state index < -0.39 is 0 Å². The Hall–Kier alpha value is -0.570. The van der Waals surface area contributed by atoms with E-state index in [1.54, 1.807) is 0 Å². The van der Waals surface area contributed by atoms with Gasteiger partial charge in [-0.25, -0.2) is 0 Å². The van der Waals surface area contributed by atoms with Gasteiger partial charge >= 0.3 is 0 Å². The lowest BCUT2D eigenvalue weighted by atomic mass is 9.87. The monoisotopic (exact) mass is 293 g/mol. The number of rotatable bonds is 3. The van der Waals surface area contributed by atoms with E-state index in [9.17, 15) is 0 Å². The smallest absolute Gasteiger partial charge is 0.0636 e. The molecule has 1 N–H and O–H groups in total. The Balaban J connectivity index is 1.67. The molecule has 2 aromatic rings. The van der Waals surface area contributed by atoms with Gasteiger partial charge in [-0.1, -0.05) is 36.7 Å². The maximum absolute atomic E-state index is 6.47. The van der Waals surface area contributed by atoms with Crippen molar-refractivity contribution < 1.29 is 0 Å². The highest BCUT2D eigenvalue weighted by atomic mass is 35.5. The van der Waals surface area contributed by atoms with E-state index in [0.29, 0.717) is 6.04 Å². The molecule has 102 valence electrons. The Bertz CT molecular complexity index is 555. The molecule has 3 heteroatoms. The van der Waals surface area contributed by atoms with Gasteiger partial charge in [0.05, 0.1) is 5.02 Å². The molecule has 0 saturated heterocycles. The van der Waals surface area contributed by atoms with E-state index in [1.807, 2.05) is 11.3 Å². The second kappa shape index (κ2) is 5.82. The van der Waals surface area contributed by atoms with Crippen LogP contribution in [0.3, 0.4) is 0 Å². The first kappa shape index (κ1) is 13.4. The zero-order valence-electron chi connectivity index (χ0n) is 11.3. The van der Waals surface area contributed by atoms with Crippen molar-refractivity contribution in [2.45, 2.75) is 45.2 Å². The van der Waals surface area contributed by atoms with E-state index in [4.69, 9.17) is 11.6 Å². The zero-order valence-corrected chi connectivity index (χ0v) is 12.9. The van der Waals surface area contributed by atoms with Crippen LogP contribution in [0.25, 0.3) is 10.1 Å². The summed E-state index contributed by atoms with van der Waals surface area (Å²) in [5, 5.41) is 5.83. The summed E-state index contributed by atoms with van der Waals surface area (Å²) in [5.41, 5.74) is 0. The molecule has 1 heterocycles. The molecule has 1 aromatic carbocycles. The minimum Gasteiger partial charge on any atom is -0.309 e. The van der Waals surface area contributed by atoms with Crippen molar-refractivity contribution in [3.63, 3.8) is 0 Å². The summed E-state index contributed by atoms with van der Waals surface area (Å²) in [6.07, 6.45) is 5.34. The van der Waals surface area contributed by atoms with Crippen molar-refractivity contribution in [1.82, 2.24) is 5.32 Å². The lowest BCUT2D eigenvalue weighted by molar-refractivity contribution is 0.307. The van der Waals surface area contributed by atoms with E-state index in [-0.39, 0.29) is 0 Å². The Morgan fingerprint density at radius 3 is 2.68 bits per heavy atom. The fraction of sp³-hybridized carbons (Fsp3) is 0.500. The topological polar surface area (TPSA) is 12.0 Å². The molecule has 0 bridgehead atoms. The van der Waals surface area contributed by atoms with Crippen LogP contribution in [0, 0.1) is 5.92 Å². The number of fused-ring (bicyclic) bond motifs is 1. The van der Waals surface area contributed by atoms with Gasteiger partial charge in [0.15, 0.2) is 0 Å². The molecule has 0 radical (unpaired) electrons. The standard InChI is InChI=1S/C16H20ClNS/c1-11-6-8-12(9-7-11)18-10-15-16(17)13-4-2-3-5-14(13)19-15/h2-5,11-12,18H,6-10H2,1H3. The molecule has 1 aliphatic rings. The van der Waals surface area contributed by atoms with Crippen molar-refractivity contribution in [3.05, 3.63) is 34.2 Å². The third-order valence-corrected chi connectivity index (χ3v) is 5.88. The fourth-order valence-corrected chi connectivity index (χ4v) is 4.33. The molecular formula is C16H20ClNS. The van der Waals surface area contributed by atoms with Crippen LogP contribution in [-0.4, -0.2) is 6.04 Å². The van der Waals surface area contributed by atoms with Gasteiger partial charge in [0.25, 0.3) is 0 Å². The molecule has 0 unspecified atom stereocenters. The van der Waals surface area contributed by atoms with Crippen LogP contribution in [0.15, 0.2) is 24.3 Å². The second-order valence-corrected chi connectivity index (χ2v) is 7.19. The molecule has 0 atom stereocenters. The molecule has 0 spiro atoms. The minimum absolute atomic E-state index is 0.678. The van der Waals surface area contributed by atoms with E-state index in [2.05, 4.69) is 36.5 Å². The van der Waals surface area contributed by atoms with Crippen molar-refractivity contribution in [2.75, 3.05) is 0 Å². The Morgan fingerprint density at radius 1 is 1.21 bits per heavy atom. The molecule has 1 saturated carbocycles. The van der Waals surface area contributed by atoms with Gasteiger partial charge in [-0.05, 0) is 37.7 Å². The summed E-state index contributed by atoms with van der Waals surface area (Å²) in [6.45, 7) is 3.27. The number of hydrogen-bond donors (Lipinski definition) is 1. The maximum Gasteiger partial charge on any atom is 0.0636 e. The predicted molar refractivity (Wildman–Crippen MR) is 85.1 cm³/mol. The fourth-order valence-electron chi connectivity index (χ4n) is 2.88. The third kappa shape index (κ3) is 2.96. The van der Waals surface area contributed by atoms with Gasteiger partial charge in [-0.2, -0.15) is 0 Å². The van der Waals surface area contributed by atoms with Crippen LogP contribution < -0.4 is 5.32 Å². The lowest BCUT2D eigenvalue weighted by Gasteiger charge is -2.26. The van der Waals surface area contributed by atoms with Crippen LogP contribution in [0.1, 0.15) is 37.5 Å². The average molecular weight is 294 g/mol. The summed E-state index contributed by atoms with van der Waals surface area (Å²) in [4.78, 5) is 1.28. The first-order valence-electron chi connectivity index (χ1n) is 7.13. The molecular weight excluding hydrogens is 274 g/mol. The molecule has 1 fully saturated rings. The summed E-state index contributed by atoms with van der Waals surface area (Å²) in [7, 11) is 0. The zero-order chi connectivity index (χ0) is 13.2. The van der Waals surface area contributed by atoms with Crippen LogP contribution in [0.4, 0.5) is 0 Å². The SMILES string of the molecule is CC1CCC(NCc2sc3ccccc3c2Cl)CC1. The van der Waals surface area contributed by atoms with Crippen molar-refractivity contribution in [2.24, 2.45) is 5.92 Å². The number of benzene rings is 1. The maximum atomic E-state index is 6.47. The Labute approximate surface area is 124 Å². The Kier molecular flexibility index (Phi) is 4.11. The third-order valence-electron chi connectivity index (χ3n) is 4.17. The highest BCUT2D eigenvalue weighted by Gasteiger charge is 2.18. The molecule has 0 amide bonds. The number of nitrogens with one attached hydrogen (secondary N) is 1. The van der Waals surface area contributed by atoms with Crippen molar-refractivity contribution >= 4 is 33.0 Å². The predicted octanol–water partition coefficient (Wildman–Crippen LogP) is 5.22. The number of halogens is 1. The summed E-state index contributed by atoms with van der Waals surface area (Å²) >= 11 is 8.29. The quantitative estimate of drug-likeness (QED) is 0.818. The average Bonchev–Trinajstić information content (AvgIpc) is 2.76. The van der Waals surface area contributed by atoms with E-state index in [1.165, 1.54) is 40.6 Å². The van der Waals surface area contributed by atoms with Gasteiger partial charge in [-0.3, -0.25) is 0 Å². The van der Waals surface area contributed by atoms with Crippen LogP contribution in [-0.2, 0) is 6.54 Å². The van der Waals surface area contributed by atoms with Gasteiger partial charge in [0, 0.05) is 27.5 Å². The normalized spacial score (nSPS) is 23.9. The molecule has 1 nitrogen and oxygen atoms in total. The lowest BCUT2D eigenvalue weighted by Crippen LogP contribution is -2.32. The highest BCUT2D eigenvalue weighted by Crippen LogP contribution is 2.35. The summed E-state index contributed by atoms with van der Waals surface area (Å²) < 4.78 is 1.29. The van der Waals surface area contributed by atoms with Gasteiger partial charge in [0.1, 0.15) is 0 Å². The largest absolute Gasteiger partial charge is 0.309 e. The molecule has 0 aliphatic heterocycles. The van der Waals surface area contributed by atoms with Crippen molar-refractivity contribution in [3.8, 4) is 0 Å². The van der Waals surface area contributed by atoms with Gasteiger partial charge < -0.3 is 5.32 Å². The molecule has 1 aliphatic carbocycles. The number of hydrogen-bond acceptors (Lipinski definition) is 2. The molecule has 1 aromatic heterocycles. The highest BCUT2D eigenvalue weighted by molar-refractivity contribution is 7.19. The molecule has 3 rings (SSSR count). The van der Waals surface area contributed by atoms with Crippen LogP contribution >= 0.6 is 22.9 Å². The first-order valence-corrected chi connectivity index (χ1v) is 8.33. The summed E-state index contributed by atoms with van der Waals surface area (Å²) in [5.74, 6) is 0.908. The summed E-state index contributed by atoms with van der Waals surface area (Å²) in [6, 6.07) is 9.07. The van der Waals surface area contributed by atoms with Gasteiger partial charge in [0.2, 0.25) is 0 Å². The van der Waals surface area contributed by atoms with E-state index >= 15 is 0 Å². The van der Waals surface area contributed by atoms with Crippen LogP contribution in [0.5, 0.6) is 0 Å². The van der Waals surface area contributed by atoms with E-state index in [0.717, 1.165) is 17.5 Å². The van der Waals surface area contributed by atoms with Gasteiger partial charge in [-0.15, -0.1) is 11.3 Å². The molecule has 19 heavy (non-hydrogen) atoms. The van der Waals surface area contributed by atoms with Crippen molar-refractivity contribution in [1.29, 1.82) is 0 Å². The Morgan fingerprint density at radius 2 is 1.95 bits per heavy atom.